The number of thiazole rings is 1. The highest BCUT2D eigenvalue weighted by molar-refractivity contribution is 8.00. The predicted octanol–water partition coefficient (Wildman–Crippen LogP) is 10.3. The van der Waals surface area contributed by atoms with E-state index in [0.29, 0.717) is 32.1 Å². The highest BCUT2D eigenvalue weighted by Crippen LogP contribution is 2.33. The number of rotatable bonds is 11. The number of amides is 3. The van der Waals surface area contributed by atoms with E-state index in [2.05, 4.69) is 20.9 Å². The molecule has 1 heterocycles. The van der Waals surface area contributed by atoms with E-state index >= 15 is 0 Å². The second kappa shape index (κ2) is 16.7. The van der Waals surface area contributed by atoms with Crippen molar-refractivity contribution < 1.29 is 14.4 Å². The third-order valence-corrected chi connectivity index (χ3v) is 9.97. The molecule has 0 aliphatic carbocycles. The zero-order chi connectivity index (χ0) is 35.7. The molecular formula is C40H30Cl2N4O3S2. The Bertz CT molecular complexity index is 2210. The van der Waals surface area contributed by atoms with Crippen LogP contribution in [-0.2, 0) is 9.59 Å². The number of aromatic nitrogens is 1. The Morgan fingerprint density at radius 2 is 1.49 bits per heavy atom. The first-order valence-electron chi connectivity index (χ1n) is 15.8. The van der Waals surface area contributed by atoms with Crippen molar-refractivity contribution in [3.05, 3.63) is 160 Å². The lowest BCUT2D eigenvalue weighted by Gasteiger charge is -2.14. The molecule has 1 unspecified atom stereocenters. The van der Waals surface area contributed by atoms with Crippen molar-refractivity contribution in [3.63, 3.8) is 0 Å². The number of hydrogen-bond donors (Lipinski definition) is 3. The minimum absolute atomic E-state index is 0.0739. The molecule has 0 saturated carbocycles. The van der Waals surface area contributed by atoms with Gasteiger partial charge in [0.25, 0.3) is 11.8 Å². The van der Waals surface area contributed by atoms with Crippen LogP contribution >= 0.6 is 46.3 Å². The minimum Gasteiger partial charge on any atom is -0.321 e. The summed E-state index contributed by atoms with van der Waals surface area (Å²) < 4.78 is 0. The molecule has 0 spiro atoms. The van der Waals surface area contributed by atoms with Crippen LogP contribution in [0.3, 0.4) is 0 Å². The topological polar surface area (TPSA) is 100 Å². The van der Waals surface area contributed by atoms with Gasteiger partial charge in [-0.25, -0.2) is 4.98 Å². The minimum atomic E-state index is -0.500. The Morgan fingerprint density at radius 3 is 2.22 bits per heavy atom. The van der Waals surface area contributed by atoms with Crippen LogP contribution in [0.2, 0.25) is 10.0 Å². The summed E-state index contributed by atoms with van der Waals surface area (Å²) in [6, 6.07) is 38.7. The van der Waals surface area contributed by atoms with Crippen LogP contribution in [0.1, 0.15) is 22.8 Å². The van der Waals surface area contributed by atoms with Crippen LogP contribution in [0.15, 0.2) is 143 Å². The fourth-order valence-electron chi connectivity index (χ4n) is 4.97. The lowest BCUT2D eigenvalue weighted by Crippen LogP contribution is -2.30. The van der Waals surface area contributed by atoms with E-state index < -0.39 is 17.1 Å². The summed E-state index contributed by atoms with van der Waals surface area (Å²) >= 11 is 15.0. The van der Waals surface area contributed by atoms with E-state index in [4.69, 9.17) is 23.2 Å². The average Bonchev–Trinajstić information content (AvgIpc) is 3.60. The number of thioether (sulfide) groups is 1. The number of nitrogens with zero attached hydrogens (tertiary/aromatic N) is 1. The summed E-state index contributed by atoms with van der Waals surface area (Å²) in [5.41, 5.74) is 5.19. The van der Waals surface area contributed by atoms with Crippen LogP contribution in [-0.4, -0.2) is 28.0 Å². The molecule has 0 aliphatic rings. The zero-order valence-corrected chi connectivity index (χ0v) is 30.2. The summed E-state index contributed by atoms with van der Waals surface area (Å²) in [4.78, 5) is 45.2. The molecule has 7 nitrogen and oxygen atoms in total. The van der Waals surface area contributed by atoms with Crippen molar-refractivity contribution in [1.82, 2.24) is 10.3 Å². The number of carbonyl (C=O) groups is 3. The standard InChI is InChI=1S/C40H30Cl2N4O3S2/c1-25(37(47)46-40-45-36(24-50-40)33-20-19-30(41)22-34(33)42)51-32-14-8-13-31(23-32)43-39(49)35(44-38(48)29-11-6-3-7-12-29)21-26-15-17-28(18-16-26)27-9-4-2-5-10-27/h2-25H,1H3,(H,43,49)(H,44,48)(H,45,46,47)/b35-21+. The van der Waals surface area contributed by atoms with Crippen LogP contribution in [0.5, 0.6) is 0 Å². The van der Waals surface area contributed by atoms with Crippen molar-refractivity contribution in [2.24, 2.45) is 0 Å². The van der Waals surface area contributed by atoms with E-state index in [-0.39, 0.29) is 11.6 Å². The van der Waals surface area contributed by atoms with Gasteiger partial charge in [-0.05, 0) is 78.2 Å². The molecule has 3 N–H and O–H groups in total. The predicted molar refractivity (Wildman–Crippen MR) is 210 cm³/mol. The molecular weight excluding hydrogens is 720 g/mol. The Balaban J connectivity index is 1.14. The molecule has 254 valence electrons. The van der Waals surface area contributed by atoms with Crippen molar-refractivity contribution in [3.8, 4) is 22.4 Å². The van der Waals surface area contributed by atoms with Gasteiger partial charge in [0, 0.05) is 32.1 Å². The normalized spacial score (nSPS) is 11.8. The summed E-state index contributed by atoms with van der Waals surface area (Å²) in [6.07, 6.45) is 1.64. The molecule has 1 aromatic heterocycles. The molecule has 3 amide bonds. The second-order valence-corrected chi connectivity index (χ2v) is 14.4. The molecule has 0 saturated heterocycles. The summed E-state index contributed by atoms with van der Waals surface area (Å²) in [7, 11) is 0. The first-order valence-corrected chi connectivity index (χ1v) is 18.3. The van der Waals surface area contributed by atoms with E-state index in [1.807, 2.05) is 72.1 Å². The smallest absolute Gasteiger partial charge is 0.272 e. The van der Waals surface area contributed by atoms with Gasteiger partial charge in [-0.3, -0.25) is 14.4 Å². The van der Waals surface area contributed by atoms with Crippen LogP contribution in [0, 0.1) is 0 Å². The van der Waals surface area contributed by atoms with Crippen molar-refractivity contribution in [2.75, 3.05) is 10.6 Å². The Labute approximate surface area is 313 Å². The van der Waals surface area contributed by atoms with E-state index in [1.165, 1.54) is 23.1 Å². The Hall–Kier alpha value is -5.19. The first kappa shape index (κ1) is 35.6. The fraction of sp³-hybridized carbons (Fsp3) is 0.0500. The fourth-order valence-corrected chi connectivity index (χ4v) is 7.12. The Morgan fingerprint density at radius 1 is 0.784 bits per heavy atom. The molecule has 11 heteroatoms. The van der Waals surface area contributed by atoms with Gasteiger partial charge in [0.2, 0.25) is 5.91 Å². The molecule has 0 radical (unpaired) electrons. The molecule has 0 fully saturated rings. The molecule has 6 aromatic rings. The Kier molecular flexibility index (Phi) is 11.7. The molecule has 0 aliphatic heterocycles. The lowest BCUT2D eigenvalue weighted by molar-refractivity contribution is -0.115. The van der Waals surface area contributed by atoms with Gasteiger partial charge in [0.15, 0.2) is 5.13 Å². The van der Waals surface area contributed by atoms with Crippen LogP contribution in [0.25, 0.3) is 28.5 Å². The summed E-state index contributed by atoms with van der Waals surface area (Å²) in [6.45, 7) is 1.79. The monoisotopic (exact) mass is 748 g/mol. The van der Waals surface area contributed by atoms with E-state index in [9.17, 15) is 14.4 Å². The quantitative estimate of drug-likeness (QED) is 0.0905. The van der Waals surface area contributed by atoms with Crippen LogP contribution < -0.4 is 16.0 Å². The molecule has 0 bridgehead atoms. The summed E-state index contributed by atoms with van der Waals surface area (Å²) in [5.74, 6) is -1.14. The first-order chi connectivity index (χ1) is 24.7. The number of halogens is 2. The van der Waals surface area contributed by atoms with Gasteiger partial charge in [-0.1, -0.05) is 102 Å². The zero-order valence-electron chi connectivity index (χ0n) is 27.1. The number of anilines is 2. The summed E-state index contributed by atoms with van der Waals surface area (Å²) in [5, 5.41) is 11.3. The van der Waals surface area contributed by atoms with Crippen molar-refractivity contribution in [2.45, 2.75) is 17.1 Å². The maximum absolute atomic E-state index is 13.7. The highest BCUT2D eigenvalue weighted by Gasteiger charge is 2.19. The van der Waals surface area contributed by atoms with Gasteiger partial charge >= 0.3 is 0 Å². The number of nitrogens with one attached hydrogen (secondary N) is 3. The van der Waals surface area contributed by atoms with Crippen molar-refractivity contribution >= 4 is 80.9 Å². The van der Waals surface area contributed by atoms with Gasteiger partial charge in [0.1, 0.15) is 5.70 Å². The highest BCUT2D eigenvalue weighted by atomic mass is 35.5. The molecule has 5 aromatic carbocycles. The third-order valence-electron chi connectivity index (χ3n) is 7.57. The average molecular weight is 750 g/mol. The molecule has 51 heavy (non-hydrogen) atoms. The SMILES string of the molecule is CC(Sc1cccc(NC(=O)/C(=C\c2ccc(-c3ccccc3)cc2)NC(=O)c2ccccc2)c1)C(=O)Nc1nc(-c2ccc(Cl)cc2Cl)cs1. The largest absolute Gasteiger partial charge is 0.321 e. The second-order valence-electron chi connectivity index (χ2n) is 11.3. The van der Waals surface area contributed by atoms with Gasteiger partial charge in [0.05, 0.1) is 16.0 Å². The van der Waals surface area contributed by atoms with Crippen molar-refractivity contribution in [1.29, 1.82) is 0 Å². The van der Waals surface area contributed by atoms with Gasteiger partial charge in [-0.2, -0.15) is 0 Å². The molecule has 1 atom stereocenters. The number of carbonyl (C=O) groups excluding carboxylic acids is 3. The number of hydrogen-bond acceptors (Lipinski definition) is 6. The van der Waals surface area contributed by atoms with Gasteiger partial charge in [-0.15, -0.1) is 23.1 Å². The molecule has 6 rings (SSSR count). The van der Waals surface area contributed by atoms with Gasteiger partial charge < -0.3 is 16.0 Å². The van der Waals surface area contributed by atoms with E-state index in [1.54, 1.807) is 73.7 Å². The number of benzene rings is 5. The third kappa shape index (κ3) is 9.53. The van der Waals surface area contributed by atoms with E-state index in [0.717, 1.165) is 27.1 Å². The maximum atomic E-state index is 13.7. The maximum Gasteiger partial charge on any atom is 0.272 e. The lowest BCUT2D eigenvalue weighted by atomic mass is 10.0. The van der Waals surface area contributed by atoms with Crippen LogP contribution in [0.4, 0.5) is 10.8 Å².